The van der Waals surface area contributed by atoms with Gasteiger partial charge in [-0.15, -0.1) is 0 Å². The lowest BCUT2D eigenvalue weighted by Gasteiger charge is -2.21. The molecule has 0 aliphatic carbocycles. The van der Waals surface area contributed by atoms with Crippen molar-refractivity contribution in [2.75, 3.05) is 39.6 Å². The highest BCUT2D eigenvalue weighted by atomic mass is 31.2. The van der Waals surface area contributed by atoms with Crippen LogP contribution < -0.4 is 0 Å². The number of rotatable bonds is 65. The quantitative estimate of drug-likeness (QED) is 0.0222. The summed E-state index contributed by atoms with van der Waals surface area (Å²) < 4.78 is 67.9. The Hall–Kier alpha value is -1.94. The zero-order valence-electron chi connectivity index (χ0n) is 54.9. The lowest BCUT2D eigenvalue weighted by molar-refractivity contribution is -0.161. The molecule has 0 spiro atoms. The van der Waals surface area contributed by atoms with Gasteiger partial charge in [-0.1, -0.05) is 279 Å². The minimum atomic E-state index is -4.95. The van der Waals surface area contributed by atoms with Gasteiger partial charge in [0.15, 0.2) is 12.2 Å². The lowest BCUT2D eigenvalue weighted by atomic mass is 10.0. The summed E-state index contributed by atoms with van der Waals surface area (Å²) in [7, 11) is -9.88. The van der Waals surface area contributed by atoms with Gasteiger partial charge in [-0.3, -0.25) is 37.3 Å². The second-order valence-electron chi connectivity index (χ2n) is 24.8. The van der Waals surface area contributed by atoms with E-state index < -0.39 is 97.5 Å². The number of phosphoric ester groups is 2. The van der Waals surface area contributed by atoms with Crippen LogP contribution in [0.5, 0.6) is 0 Å². The van der Waals surface area contributed by atoms with Gasteiger partial charge in [0.25, 0.3) is 0 Å². The topological polar surface area (TPSA) is 237 Å². The zero-order chi connectivity index (χ0) is 62.9. The minimum Gasteiger partial charge on any atom is -0.462 e. The predicted octanol–water partition coefficient (Wildman–Crippen LogP) is 18.4. The second kappa shape index (κ2) is 58.4. The van der Waals surface area contributed by atoms with Crippen LogP contribution in [0.4, 0.5) is 0 Å². The van der Waals surface area contributed by atoms with E-state index in [1.807, 2.05) is 0 Å². The molecule has 19 heteroatoms. The number of carbonyl (C=O) groups is 4. The first-order chi connectivity index (χ1) is 40.9. The number of hydrogen-bond donors (Lipinski definition) is 3. The van der Waals surface area contributed by atoms with Crippen LogP contribution >= 0.6 is 15.6 Å². The molecule has 2 unspecified atom stereocenters. The molecule has 3 N–H and O–H groups in total. The third-order valence-corrected chi connectivity index (χ3v) is 17.1. The molecule has 0 aliphatic rings. The first kappa shape index (κ1) is 83.1. The normalized spacial score (nSPS) is 14.2. The van der Waals surface area contributed by atoms with Crippen molar-refractivity contribution in [2.24, 2.45) is 11.8 Å². The van der Waals surface area contributed by atoms with Crippen molar-refractivity contribution in [1.82, 2.24) is 0 Å². The van der Waals surface area contributed by atoms with Gasteiger partial charge in [0.2, 0.25) is 0 Å². The van der Waals surface area contributed by atoms with Crippen LogP contribution in [-0.4, -0.2) is 96.7 Å². The monoisotopic (exact) mass is 1250 g/mol. The highest BCUT2D eigenvalue weighted by molar-refractivity contribution is 7.47. The minimum absolute atomic E-state index is 0.103. The Labute approximate surface area is 517 Å². The number of ether oxygens (including phenoxy) is 4. The summed E-state index contributed by atoms with van der Waals surface area (Å²) in [6.07, 6.45) is 42.1. The van der Waals surface area contributed by atoms with E-state index >= 15 is 0 Å². The maximum atomic E-state index is 13.0. The van der Waals surface area contributed by atoms with E-state index in [1.54, 1.807) is 0 Å². The summed E-state index contributed by atoms with van der Waals surface area (Å²) in [5.41, 5.74) is 0. The molecular weight excluding hydrogens is 1130 g/mol. The average Bonchev–Trinajstić information content (AvgIpc) is 3.63. The van der Waals surface area contributed by atoms with Gasteiger partial charge < -0.3 is 33.8 Å². The molecule has 0 saturated heterocycles. The third-order valence-electron chi connectivity index (χ3n) is 15.2. The number of aliphatic hydroxyl groups excluding tert-OH is 1. The number of carbonyl (C=O) groups excluding carboxylic acids is 4. The molecule has 0 amide bonds. The molecule has 0 fully saturated rings. The lowest BCUT2D eigenvalue weighted by Crippen LogP contribution is -2.30. The van der Waals surface area contributed by atoms with Crippen molar-refractivity contribution in [3.63, 3.8) is 0 Å². The van der Waals surface area contributed by atoms with Gasteiger partial charge in [0.05, 0.1) is 26.4 Å². The summed E-state index contributed by atoms with van der Waals surface area (Å²) >= 11 is 0. The summed E-state index contributed by atoms with van der Waals surface area (Å²) in [5.74, 6) is -0.651. The Kier molecular flexibility index (Phi) is 57.1. The van der Waals surface area contributed by atoms with Crippen LogP contribution in [0.15, 0.2) is 0 Å². The van der Waals surface area contributed by atoms with Crippen molar-refractivity contribution in [1.29, 1.82) is 0 Å². The molecule has 0 bridgehead atoms. The fourth-order valence-electron chi connectivity index (χ4n) is 9.88. The molecule has 0 rings (SSSR count). The van der Waals surface area contributed by atoms with Crippen LogP contribution in [0.2, 0.25) is 0 Å². The van der Waals surface area contributed by atoms with Gasteiger partial charge in [-0.05, 0) is 37.5 Å². The van der Waals surface area contributed by atoms with Crippen LogP contribution in [0.3, 0.4) is 0 Å². The molecule has 5 atom stereocenters. The summed E-state index contributed by atoms with van der Waals surface area (Å²) in [5, 5.41) is 10.5. The smallest absolute Gasteiger partial charge is 0.462 e. The Morgan fingerprint density at radius 1 is 0.318 bits per heavy atom. The number of unbranched alkanes of at least 4 members (excludes halogenated alkanes) is 35. The fraction of sp³-hybridized carbons (Fsp3) is 0.939. The van der Waals surface area contributed by atoms with Gasteiger partial charge >= 0.3 is 39.5 Å². The van der Waals surface area contributed by atoms with E-state index in [-0.39, 0.29) is 25.7 Å². The van der Waals surface area contributed by atoms with E-state index in [0.717, 1.165) is 108 Å². The van der Waals surface area contributed by atoms with Crippen molar-refractivity contribution in [2.45, 2.75) is 349 Å². The Morgan fingerprint density at radius 2 is 0.541 bits per heavy atom. The highest BCUT2D eigenvalue weighted by Gasteiger charge is 2.30. The first-order valence-electron chi connectivity index (χ1n) is 34.5. The van der Waals surface area contributed by atoms with E-state index in [4.69, 9.17) is 37.0 Å². The zero-order valence-corrected chi connectivity index (χ0v) is 56.7. The van der Waals surface area contributed by atoms with Crippen LogP contribution in [0.25, 0.3) is 0 Å². The largest absolute Gasteiger partial charge is 0.472 e. The molecule has 17 nitrogen and oxygen atoms in total. The Morgan fingerprint density at radius 3 is 0.800 bits per heavy atom. The number of phosphoric acid groups is 2. The highest BCUT2D eigenvalue weighted by Crippen LogP contribution is 2.45. The van der Waals surface area contributed by atoms with Crippen LogP contribution in [0, 0.1) is 11.8 Å². The van der Waals surface area contributed by atoms with Gasteiger partial charge in [0.1, 0.15) is 19.3 Å². The summed E-state index contributed by atoms with van der Waals surface area (Å²) in [6.45, 7) is 9.39. The molecule has 0 aromatic heterocycles. The van der Waals surface area contributed by atoms with E-state index in [0.29, 0.717) is 25.7 Å². The molecule has 0 aromatic carbocycles. The third kappa shape index (κ3) is 60.7. The summed E-state index contributed by atoms with van der Waals surface area (Å²) in [6, 6.07) is 0. The van der Waals surface area contributed by atoms with Crippen molar-refractivity contribution < 1.29 is 80.2 Å². The van der Waals surface area contributed by atoms with E-state index in [2.05, 4.69) is 41.5 Å². The van der Waals surface area contributed by atoms with E-state index in [9.17, 15) is 43.2 Å². The fourth-order valence-corrected chi connectivity index (χ4v) is 11.5. The molecule has 85 heavy (non-hydrogen) atoms. The molecule has 0 radical (unpaired) electrons. The number of aliphatic hydroxyl groups is 1. The maximum Gasteiger partial charge on any atom is 0.472 e. The molecule has 504 valence electrons. The molecular formula is C66H128O17P2. The van der Waals surface area contributed by atoms with Crippen molar-refractivity contribution >= 4 is 39.5 Å². The van der Waals surface area contributed by atoms with Crippen LogP contribution in [-0.2, 0) is 65.4 Å². The molecule has 0 aliphatic heterocycles. The SMILES string of the molecule is CCCCCCCCCCCCCCCCCC(=O)O[C@H](COC(=O)CCCCCCCCCCCCCC(C)C)COP(=O)(O)OC[C@@H](O)COP(=O)(O)OC[C@@H](COC(=O)CCCCCCC)OC(=O)CCCCCCCCCCC(C)C. The Balaban J connectivity index is 5.18. The molecule has 0 aromatic rings. The summed E-state index contributed by atoms with van der Waals surface area (Å²) in [4.78, 5) is 72.1. The average molecular weight is 1260 g/mol. The molecule has 0 heterocycles. The number of esters is 4. The van der Waals surface area contributed by atoms with E-state index in [1.165, 1.54) is 141 Å². The standard InChI is InChI=1S/C66H128O17P2/c1-7-9-11-13-14-15-16-17-18-19-22-26-32-38-44-50-65(70)83-62(55-77-64(69)49-43-37-31-25-23-20-21-24-29-35-40-46-58(3)4)57-81-85(74,75)79-53-60(67)52-78-84(72,73)80-56-61(54-76-63(68)48-42-34-12-10-8-2)82-66(71)51-45-39-33-28-27-30-36-41-47-59(5)6/h58-62,67H,7-57H2,1-6H3,(H,72,73)(H,74,75)/t60-,61+,62+/m0/s1. The second-order valence-corrected chi connectivity index (χ2v) is 27.7. The maximum absolute atomic E-state index is 13.0. The van der Waals surface area contributed by atoms with Crippen molar-refractivity contribution in [3.05, 3.63) is 0 Å². The Bertz CT molecular complexity index is 1670. The molecule has 0 saturated carbocycles. The van der Waals surface area contributed by atoms with Crippen molar-refractivity contribution in [3.8, 4) is 0 Å². The predicted molar refractivity (Wildman–Crippen MR) is 340 cm³/mol. The first-order valence-corrected chi connectivity index (χ1v) is 37.5. The van der Waals surface area contributed by atoms with Gasteiger partial charge in [0, 0.05) is 25.7 Å². The van der Waals surface area contributed by atoms with Gasteiger partial charge in [-0.25, -0.2) is 9.13 Å². The van der Waals surface area contributed by atoms with Gasteiger partial charge in [-0.2, -0.15) is 0 Å². The number of hydrogen-bond acceptors (Lipinski definition) is 15. The van der Waals surface area contributed by atoms with Crippen LogP contribution in [0.1, 0.15) is 330 Å².